The molecule has 0 radical (unpaired) electrons. The molecule has 1 rings (SSSR count). The first-order chi connectivity index (χ1) is 11.4. The summed E-state index contributed by atoms with van der Waals surface area (Å²) < 4.78 is 13.1. The highest BCUT2D eigenvalue weighted by Gasteiger charge is 2.05. The van der Waals surface area contributed by atoms with Crippen molar-refractivity contribution < 1.29 is 9.18 Å². The van der Waals surface area contributed by atoms with Crippen LogP contribution in [0.25, 0.3) is 0 Å². The predicted molar refractivity (Wildman–Crippen MR) is 112 cm³/mol. The molecule has 7 heteroatoms. The molecule has 0 aromatic heterocycles. The molecule has 0 atom stereocenters. The Labute approximate surface area is 167 Å². The Balaban J connectivity index is 0.00000576. The van der Waals surface area contributed by atoms with Gasteiger partial charge < -0.3 is 15.5 Å². The van der Waals surface area contributed by atoms with E-state index in [0.29, 0.717) is 12.5 Å². The maximum absolute atomic E-state index is 13.1. The van der Waals surface area contributed by atoms with Crippen LogP contribution >= 0.6 is 24.0 Å². The molecule has 1 aromatic carbocycles. The number of aliphatic imine (C=N–C) groups is 1. The number of aryl methyl sites for hydroxylation is 1. The first-order valence-electron chi connectivity index (χ1n) is 8.41. The van der Waals surface area contributed by atoms with Crippen LogP contribution in [0, 0.1) is 12.7 Å². The van der Waals surface area contributed by atoms with Crippen LogP contribution in [-0.4, -0.2) is 50.5 Å². The van der Waals surface area contributed by atoms with Crippen LogP contribution in [0.5, 0.6) is 0 Å². The molecule has 0 aliphatic rings. The number of halogens is 2. The molecule has 5 nitrogen and oxygen atoms in total. The van der Waals surface area contributed by atoms with Crippen molar-refractivity contribution in [2.24, 2.45) is 4.99 Å². The summed E-state index contributed by atoms with van der Waals surface area (Å²) in [4.78, 5) is 17.5. The average molecular weight is 464 g/mol. The zero-order valence-electron chi connectivity index (χ0n) is 15.6. The fourth-order valence-corrected chi connectivity index (χ4v) is 2.10. The summed E-state index contributed by atoms with van der Waals surface area (Å²) in [6, 6.07) is 4.83. The normalized spacial score (nSPS) is 10.8. The van der Waals surface area contributed by atoms with E-state index in [4.69, 9.17) is 0 Å². The summed E-state index contributed by atoms with van der Waals surface area (Å²) in [6.45, 7) is 5.63. The second-order valence-corrected chi connectivity index (χ2v) is 5.98. The number of amides is 1. The molecule has 0 spiro atoms. The zero-order valence-corrected chi connectivity index (χ0v) is 17.9. The van der Waals surface area contributed by atoms with E-state index in [2.05, 4.69) is 22.5 Å². The second-order valence-electron chi connectivity index (χ2n) is 5.98. The molecule has 142 valence electrons. The van der Waals surface area contributed by atoms with Crippen molar-refractivity contribution in [3.8, 4) is 0 Å². The summed E-state index contributed by atoms with van der Waals surface area (Å²) in [5.74, 6) is 0.384. The molecule has 0 heterocycles. The lowest BCUT2D eigenvalue weighted by atomic mass is 10.1. The number of rotatable bonds is 8. The lowest BCUT2D eigenvalue weighted by Gasteiger charge is -2.14. The van der Waals surface area contributed by atoms with Gasteiger partial charge in [-0.05, 0) is 43.0 Å². The molecule has 2 N–H and O–H groups in total. The molecular formula is C18H30FIN4O. The van der Waals surface area contributed by atoms with Gasteiger partial charge in [0.25, 0.3) is 0 Å². The smallest absolute Gasteiger partial charge is 0.243 e. The van der Waals surface area contributed by atoms with Crippen LogP contribution in [0.15, 0.2) is 23.2 Å². The van der Waals surface area contributed by atoms with Gasteiger partial charge in [-0.15, -0.1) is 24.0 Å². The Bertz CT molecular complexity index is 564. The van der Waals surface area contributed by atoms with Crippen LogP contribution in [0.2, 0.25) is 0 Å². The minimum absolute atomic E-state index is 0. The lowest BCUT2D eigenvalue weighted by Crippen LogP contribution is -2.40. The maximum Gasteiger partial charge on any atom is 0.243 e. The fourth-order valence-electron chi connectivity index (χ4n) is 2.10. The van der Waals surface area contributed by atoms with Crippen molar-refractivity contribution in [1.29, 1.82) is 0 Å². The van der Waals surface area contributed by atoms with Gasteiger partial charge in [0.2, 0.25) is 5.91 Å². The summed E-state index contributed by atoms with van der Waals surface area (Å²) in [5.41, 5.74) is 2.04. The number of unbranched alkanes of at least 4 members (excludes halogenated alkanes) is 1. The van der Waals surface area contributed by atoms with E-state index < -0.39 is 0 Å². The SMILES string of the molecule is CCCCNC(=NCC(=O)N(C)C)NCCc1ccc(F)cc1C.I. The Kier molecular flexibility index (Phi) is 12.2. The van der Waals surface area contributed by atoms with Gasteiger partial charge in [-0.2, -0.15) is 0 Å². The van der Waals surface area contributed by atoms with E-state index in [1.54, 1.807) is 20.2 Å². The van der Waals surface area contributed by atoms with Gasteiger partial charge in [0.15, 0.2) is 5.96 Å². The monoisotopic (exact) mass is 464 g/mol. The highest BCUT2D eigenvalue weighted by atomic mass is 127. The minimum atomic E-state index is -0.213. The topological polar surface area (TPSA) is 56.7 Å². The lowest BCUT2D eigenvalue weighted by molar-refractivity contribution is -0.127. The first kappa shape index (κ1) is 23.6. The van der Waals surface area contributed by atoms with E-state index in [1.165, 1.54) is 11.0 Å². The molecule has 0 unspecified atom stereocenters. The molecule has 0 bridgehead atoms. The number of benzene rings is 1. The number of nitrogens with zero attached hydrogens (tertiary/aromatic N) is 2. The molecule has 1 aromatic rings. The Morgan fingerprint density at radius 1 is 1.24 bits per heavy atom. The van der Waals surface area contributed by atoms with Gasteiger partial charge in [-0.1, -0.05) is 19.4 Å². The number of likely N-dealkylation sites (N-methyl/N-ethyl adjacent to an activating group) is 1. The van der Waals surface area contributed by atoms with Gasteiger partial charge >= 0.3 is 0 Å². The third kappa shape index (κ3) is 9.62. The standard InChI is InChI=1S/C18H29FN4O.HI/c1-5-6-10-20-18(22-13-17(24)23(3)4)21-11-9-15-7-8-16(19)12-14(15)2;/h7-8,12H,5-6,9-11,13H2,1-4H3,(H2,20,21,22);1H. The molecular weight excluding hydrogens is 434 g/mol. The minimum Gasteiger partial charge on any atom is -0.356 e. The Morgan fingerprint density at radius 2 is 1.92 bits per heavy atom. The summed E-state index contributed by atoms with van der Waals surface area (Å²) in [6.07, 6.45) is 2.90. The molecule has 0 saturated carbocycles. The molecule has 0 fully saturated rings. The fraction of sp³-hybridized carbons (Fsp3) is 0.556. The second kappa shape index (κ2) is 12.9. The van der Waals surface area contributed by atoms with E-state index in [1.807, 2.05) is 13.0 Å². The number of nitrogens with one attached hydrogen (secondary N) is 2. The summed E-state index contributed by atoms with van der Waals surface area (Å²) in [7, 11) is 3.43. The maximum atomic E-state index is 13.1. The van der Waals surface area contributed by atoms with Gasteiger partial charge in [-0.25, -0.2) is 9.38 Å². The Morgan fingerprint density at radius 3 is 2.52 bits per heavy atom. The summed E-state index contributed by atoms with van der Waals surface area (Å²) >= 11 is 0. The van der Waals surface area contributed by atoms with Crippen LogP contribution in [0.3, 0.4) is 0 Å². The number of carbonyl (C=O) groups excluding carboxylic acids is 1. The average Bonchev–Trinajstić information content (AvgIpc) is 2.53. The first-order valence-corrected chi connectivity index (χ1v) is 8.41. The van der Waals surface area contributed by atoms with E-state index in [-0.39, 0.29) is 42.2 Å². The van der Waals surface area contributed by atoms with Crippen molar-refractivity contribution in [2.45, 2.75) is 33.1 Å². The van der Waals surface area contributed by atoms with Crippen molar-refractivity contribution in [2.75, 3.05) is 33.7 Å². The largest absolute Gasteiger partial charge is 0.356 e. The highest BCUT2D eigenvalue weighted by Crippen LogP contribution is 2.10. The van der Waals surface area contributed by atoms with Crippen molar-refractivity contribution in [3.05, 3.63) is 35.1 Å². The molecule has 25 heavy (non-hydrogen) atoms. The molecule has 0 aliphatic carbocycles. The molecule has 0 saturated heterocycles. The number of carbonyl (C=O) groups is 1. The third-order valence-electron chi connectivity index (χ3n) is 3.69. The van der Waals surface area contributed by atoms with Gasteiger partial charge in [0, 0.05) is 27.2 Å². The van der Waals surface area contributed by atoms with Crippen LogP contribution in [0.4, 0.5) is 4.39 Å². The molecule has 0 aliphatic heterocycles. The van der Waals surface area contributed by atoms with Crippen LogP contribution in [-0.2, 0) is 11.2 Å². The van der Waals surface area contributed by atoms with E-state index in [9.17, 15) is 9.18 Å². The summed E-state index contributed by atoms with van der Waals surface area (Å²) in [5, 5.41) is 6.47. The molecule has 1 amide bonds. The number of hydrogen-bond donors (Lipinski definition) is 2. The van der Waals surface area contributed by atoms with Crippen LogP contribution < -0.4 is 10.6 Å². The quantitative estimate of drug-likeness (QED) is 0.269. The van der Waals surface area contributed by atoms with E-state index >= 15 is 0 Å². The van der Waals surface area contributed by atoms with Crippen LogP contribution in [0.1, 0.15) is 30.9 Å². The van der Waals surface area contributed by atoms with Gasteiger partial charge in [0.1, 0.15) is 12.4 Å². The van der Waals surface area contributed by atoms with Gasteiger partial charge in [-0.3, -0.25) is 4.79 Å². The van der Waals surface area contributed by atoms with Crippen molar-refractivity contribution >= 4 is 35.8 Å². The number of guanidine groups is 1. The van der Waals surface area contributed by atoms with Gasteiger partial charge in [0.05, 0.1) is 0 Å². The number of hydrogen-bond acceptors (Lipinski definition) is 2. The zero-order chi connectivity index (χ0) is 17.9. The highest BCUT2D eigenvalue weighted by molar-refractivity contribution is 14.0. The van der Waals surface area contributed by atoms with Crippen molar-refractivity contribution in [3.63, 3.8) is 0 Å². The predicted octanol–water partition coefficient (Wildman–Crippen LogP) is 2.72. The third-order valence-corrected chi connectivity index (χ3v) is 3.69. The van der Waals surface area contributed by atoms with E-state index in [0.717, 1.165) is 36.9 Å². The Hall–Kier alpha value is -1.38. The van der Waals surface area contributed by atoms with Crippen molar-refractivity contribution in [1.82, 2.24) is 15.5 Å².